The minimum atomic E-state index is -0.198. The number of hydrogen-bond acceptors (Lipinski definition) is 8. The molecule has 9 heteroatoms. The summed E-state index contributed by atoms with van der Waals surface area (Å²) in [6.07, 6.45) is 5.13. The Labute approximate surface area is 187 Å². The van der Waals surface area contributed by atoms with E-state index in [0.29, 0.717) is 0 Å². The average molecular weight is 457 g/mol. The molecule has 0 fully saturated rings. The van der Waals surface area contributed by atoms with Gasteiger partial charge < -0.3 is 4.74 Å². The van der Waals surface area contributed by atoms with E-state index in [1.54, 1.807) is 24.9 Å². The number of carbonyl (C=O) groups excluding carboxylic acids is 1. The molecule has 0 radical (unpaired) electrons. The van der Waals surface area contributed by atoms with Crippen LogP contribution < -0.4 is 10.2 Å². The van der Waals surface area contributed by atoms with E-state index < -0.39 is 0 Å². The van der Waals surface area contributed by atoms with Gasteiger partial charge >= 0.3 is 0 Å². The largest absolute Gasteiger partial charge is 0.496 e. The molecule has 1 heterocycles. The van der Waals surface area contributed by atoms with Crippen LogP contribution in [0.1, 0.15) is 11.1 Å². The molecule has 0 aliphatic rings. The van der Waals surface area contributed by atoms with Gasteiger partial charge in [-0.2, -0.15) is 5.10 Å². The zero-order valence-electron chi connectivity index (χ0n) is 16.2. The van der Waals surface area contributed by atoms with Crippen LogP contribution in [0.2, 0.25) is 0 Å². The highest BCUT2D eigenvalue weighted by molar-refractivity contribution is 8.03. The van der Waals surface area contributed by atoms with Crippen LogP contribution in [0.5, 0.6) is 5.75 Å². The van der Waals surface area contributed by atoms with Crippen molar-refractivity contribution < 1.29 is 9.53 Å². The molecule has 3 aromatic rings. The van der Waals surface area contributed by atoms with E-state index in [4.69, 9.17) is 4.74 Å². The highest BCUT2D eigenvalue weighted by Gasteiger charge is 2.08. The maximum atomic E-state index is 11.9. The summed E-state index contributed by atoms with van der Waals surface area (Å²) >= 11 is 4.48. The van der Waals surface area contributed by atoms with Gasteiger partial charge in [0.1, 0.15) is 5.75 Å². The first-order chi connectivity index (χ1) is 14.7. The van der Waals surface area contributed by atoms with Gasteiger partial charge in [0.05, 0.1) is 12.9 Å². The lowest BCUT2D eigenvalue weighted by Gasteiger charge is -2.02. The second-order valence-electron chi connectivity index (χ2n) is 5.81. The van der Waals surface area contributed by atoms with Gasteiger partial charge in [0.2, 0.25) is 0 Å². The van der Waals surface area contributed by atoms with Crippen molar-refractivity contribution in [1.29, 1.82) is 0 Å². The van der Waals surface area contributed by atoms with Gasteiger partial charge in [-0.25, -0.2) is 5.43 Å². The molecule has 3 rings (SSSR count). The summed E-state index contributed by atoms with van der Waals surface area (Å²) in [7, 11) is 1.63. The molecule has 1 aromatic heterocycles. The number of allylic oxidation sites excluding steroid dienone is 1. The summed E-state index contributed by atoms with van der Waals surface area (Å²) in [5.41, 5.74) is 4.68. The second kappa shape index (κ2) is 12.2. The molecule has 6 nitrogen and oxygen atoms in total. The molecule has 0 aliphatic carbocycles. The molecule has 1 N–H and O–H groups in total. The Balaban J connectivity index is 1.38. The molecule has 2 aromatic carbocycles. The van der Waals surface area contributed by atoms with Crippen molar-refractivity contribution in [3.05, 3.63) is 71.8 Å². The van der Waals surface area contributed by atoms with Crippen LogP contribution in [-0.2, 0) is 10.5 Å². The minimum absolute atomic E-state index is 0.198. The molecule has 0 bridgehead atoms. The van der Waals surface area contributed by atoms with E-state index >= 15 is 0 Å². The molecular weight excluding hydrogens is 436 g/mol. The lowest BCUT2D eigenvalue weighted by Crippen LogP contribution is -2.19. The van der Waals surface area contributed by atoms with E-state index in [1.807, 2.05) is 48.5 Å². The third-order valence-corrected chi connectivity index (χ3v) is 6.95. The Bertz CT molecular complexity index is 1010. The van der Waals surface area contributed by atoms with Crippen LogP contribution in [0.15, 0.2) is 74.5 Å². The molecule has 0 spiro atoms. The van der Waals surface area contributed by atoms with Crippen molar-refractivity contribution in [2.24, 2.45) is 5.10 Å². The van der Waals surface area contributed by atoms with Crippen LogP contribution in [0.25, 0.3) is 6.08 Å². The van der Waals surface area contributed by atoms with Crippen molar-refractivity contribution in [1.82, 2.24) is 15.6 Å². The first kappa shape index (κ1) is 22.1. The molecule has 0 saturated carbocycles. The van der Waals surface area contributed by atoms with Gasteiger partial charge in [-0.1, -0.05) is 83.4 Å². The topological polar surface area (TPSA) is 76.5 Å². The highest BCUT2D eigenvalue weighted by Crippen LogP contribution is 2.30. The number of aromatic nitrogens is 2. The molecule has 0 unspecified atom stereocenters. The number of nitrogens with one attached hydrogen (secondary N) is 1. The number of amides is 1. The fourth-order valence-corrected chi connectivity index (χ4v) is 5.06. The summed E-state index contributed by atoms with van der Waals surface area (Å²) in [5, 5.41) is 12.2. The number of methoxy groups -OCH3 is 1. The molecule has 30 heavy (non-hydrogen) atoms. The fourth-order valence-electron chi connectivity index (χ4n) is 2.30. The predicted octanol–water partition coefficient (Wildman–Crippen LogP) is 4.75. The summed E-state index contributed by atoms with van der Waals surface area (Å²) < 4.78 is 6.93. The van der Waals surface area contributed by atoms with Crippen LogP contribution in [0, 0.1) is 0 Å². The van der Waals surface area contributed by atoms with E-state index in [1.165, 1.54) is 34.9 Å². The van der Waals surface area contributed by atoms with E-state index in [0.717, 1.165) is 25.7 Å². The minimum Gasteiger partial charge on any atom is -0.496 e. The third kappa shape index (κ3) is 7.33. The number of rotatable bonds is 10. The fraction of sp³-hybridized carbons (Fsp3) is 0.143. The number of para-hydroxylation sites is 1. The zero-order valence-corrected chi connectivity index (χ0v) is 18.7. The standard InChI is InChI=1S/C21H20N4O2S3/c1-27-18-12-6-5-10-17(18)11-7-13-22-23-19(26)15-29-21-25-24-20(30-21)28-14-16-8-3-2-4-9-16/h2-13H,14-15H2,1H3,(H,23,26). The second-order valence-corrected chi connectivity index (χ2v) is 9.23. The monoisotopic (exact) mass is 456 g/mol. The van der Waals surface area contributed by atoms with E-state index in [2.05, 4.69) is 32.9 Å². The van der Waals surface area contributed by atoms with Crippen LogP contribution in [-0.4, -0.2) is 35.2 Å². The van der Waals surface area contributed by atoms with Crippen LogP contribution in [0.4, 0.5) is 0 Å². The Hall–Kier alpha value is -2.62. The number of hydrazone groups is 1. The molecule has 0 atom stereocenters. The zero-order chi connectivity index (χ0) is 21.0. The smallest absolute Gasteiger partial charge is 0.250 e. The van der Waals surface area contributed by atoms with E-state index in [-0.39, 0.29) is 11.7 Å². The van der Waals surface area contributed by atoms with Gasteiger partial charge in [-0.3, -0.25) is 4.79 Å². The van der Waals surface area contributed by atoms with Gasteiger partial charge in [0, 0.05) is 17.5 Å². The predicted molar refractivity (Wildman–Crippen MR) is 125 cm³/mol. The molecular formula is C21H20N4O2S3. The summed E-state index contributed by atoms with van der Waals surface area (Å²) in [6.45, 7) is 0. The first-order valence-electron chi connectivity index (χ1n) is 8.99. The van der Waals surface area contributed by atoms with Gasteiger partial charge in [-0.15, -0.1) is 10.2 Å². The van der Waals surface area contributed by atoms with Gasteiger partial charge in [0.25, 0.3) is 5.91 Å². The van der Waals surface area contributed by atoms with Gasteiger partial charge in [0.15, 0.2) is 8.68 Å². The maximum absolute atomic E-state index is 11.9. The summed E-state index contributed by atoms with van der Waals surface area (Å²) in [4.78, 5) is 11.9. The number of ether oxygens (including phenoxy) is 1. The molecule has 0 aliphatic heterocycles. The first-order valence-corrected chi connectivity index (χ1v) is 11.8. The number of hydrogen-bond donors (Lipinski definition) is 1. The number of carbonyl (C=O) groups is 1. The van der Waals surface area contributed by atoms with E-state index in [9.17, 15) is 4.79 Å². The Morgan fingerprint density at radius 1 is 1.10 bits per heavy atom. The Morgan fingerprint density at radius 2 is 1.83 bits per heavy atom. The lowest BCUT2D eigenvalue weighted by molar-refractivity contribution is -0.118. The average Bonchev–Trinajstić information content (AvgIpc) is 3.25. The van der Waals surface area contributed by atoms with Crippen molar-refractivity contribution in [3.8, 4) is 5.75 Å². The van der Waals surface area contributed by atoms with Crippen molar-refractivity contribution in [3.63, 3.8) is 0 Å². The lowest BCUT2D eigenvalue weighted by atomic mass is 10.2. The molecule has 0 saturated heterocycles. The van der Waals surface area contributed by atoms with Crippen LogP contribution >= 0.6 is 34.9 Å². The molecule has 1 amide bonds. The van der Waals surface area contributed by atoms with Crippen molar-refractivity contribution in [2.45, 2.75) is 14.4 Å². The van der Waals surface area contributed by atoms with Crippen molar-refractivity contribution in [2.75, 3.05) is 12.9 Å². The third-order valence-electron chi connectivity index (χ3n) is 3.68. The Kier molecular flexibility index (Phi) is 8.95. The van der Waals surface area contributed by atoms with Gasteiger partial charge in [-0.05, 0) is 23.8 Å². The summed E-state index contributed by atoms with van der Waals surface area (Å²) in [5.74, 6) is 1.65. The number of benzene rings is 2. The summed E-state index contributed by atoms with van der Waals surface area (Å²) in [6, 6.07) is 17.9. The Morgan fingerprint density at radius 3 is 2.63 bits per heavy atom. The number of thioether (sulfide) groups is 2. The number of nitrogens with zero attached hydrogens (tertiary/aromatic N) is 3. The highest BCUT2D eigenvalue weighted by atomic mass is 32.2. The normalized spacial score (nSPS) is 11.2. The maximum Gasteiger partial charge on any atom is 0.250 e. The van der Waals surface area contributed by atoms with Crippen LogP contribution in [0.3, 0.4) is 0 Å². The quantitative estimate of drug-likeness (QED) is 0.270. The van der Waals surface area contributed by atoms with Crippen molar-refractivity contribution >= 4 is 53.1 Å². The molecule has 154 valence electrons. The SMILES string of the molecule is COc1ccccc1C=CC=NNC(=O)CSc1nnc(SCc2ccccc2)s1.